The Labute approximate surface area is 159 Å². The molecule has 8 heteroatoms. The van der Waals surface area contributed by atoms with E-state index in [2.05, 4.69) is 36.9 Å². The van der Waals surface area contributed by atoms with Crippen molar-refractivity contribution in [2.24, 2.45) is 4.99 Å². The third kappa shape index (κ3) is 4.59. The number of hydrogen-bond acceptors (Lipinski definition) is 6. The molecule has 136 valence electrons. The average Bonchev–Trinajstić information content (AvgIpc) is 2.80. The second kappa shape index (κ2) is 8.47. The smallest absolute Gasteiger partial charge is 0.344 e. The number of ether oxygens (including phenoxy) is 3. The maximum absolute atomic E-state index is 12.5. The molecule has 1 aliphatic rings. The zero-order valence-corrected chi connectivity index (χ0v) is 17.7. The van der Waals surface area contributed by atoms with Crippen LogP contribution < -0.4 is 0 Å². The molecule has 0 atom stereocenters. The van der Waals surface area contributed by atoms with Crippen LogP contribution >= 0.6 is 31.9 Å². The molecule has 0 fully saturated rings. The predicted octanol–water partition coefficient (Wildman–Crippen LogP) is 3.17. The first-order valence-electron chi connectivity index (χ1n) is 7.66. The van der Waals surface area contributed by atoms with Crippen LogP contribution in [-0.4, -0.2) is 52.9 Å². The molecule has 0 saturated heterocycles. The first-order chi connectivity index (χ1) is 11.2. The molecular weight excluding hydrogens is 446 g/mol. The van der Waals surface area contributed by atoms with Crippen molar-refractivity contribution in [1.82, 2.24) is 0 Å². The van der Waals surface area contributed by atoms with Crippen molar-refractivity contribution in [2.45, 2.75) is 45.8 Å². The van der Waals surface area contributed by atoms with Gasteiger partial charge in [0.25, 0.3) is 0 Å². The van der Waals surface area contributed by atoms with Crippen molar-refractivity contribution >= 4 is 49.7 Å². The van der Waals surface area contributed by atoms with E-state index in [9.17, 15) is 9.59 Å². The highest BCUT2D eigenvalue weighted by Gasteiger charge is 2.52. The van der Waals surface area contributed by atoms with Gasteiger partial charge in [0.15, 0.2) is 5.60 Å². The van der Waals surface area contributed by atoms with Gasteiger partial charge in [-0.05, 0) is 34.6 Å². The van der Waals surface area contributed by atoms with Gasteiger partial charge in [-0.3, -0.25) is 0 Å². The average molecular weight is 469 g/mol. The lowest BCUT2D eigenvalue weighted by Crippen LogP contribution is -2.39. The van der Waals surface area contributed by atoms with Gasteiger partial charge in [-0.25, -0.2) is 14.6 Å². The van der Waals surface area contributed by atoms with Crippen molar-refractivity contribution in [2.75, 3.05) is 23.9 Å². The van der Waals surface area contributed by atoms with Crippen LogP contribution in [0.3, 0.4) is 0 Å². The summed E-state index contributed by atoms with van der Waals surface area (Å²) >= 11 is 6.74. The molecule has 0 spiro atoms. The molecule has 6 nitrogen and oxygen atoms in total. The van der Waals surface area contributed by atoms with Gasteiger partial charge >= 0.3 is 11.9 Å². The quantitative estimate of drug-likeness (QED) is 0.442. The molecular formula is C16H23Br2NO5. The van der Waals surface area contributed by atoms with Crippen LogP contribution in [0.25, 0.3) is 0 Å². The highest BCUT2D eigenvalue weighted by molar-refractivity contribution is 9.09. The Morgan fingerprint density at radius 2 is 1.58 bits per heavy atom. The van der Waals surface area contributed by atoms with Gasteiger partial charge in [0.2, 0.25) is 5.90 Å². The van der Waals surface area contributed by atoms with E-state index in [-0.39, 0.29) is 40.9 Å². The number of esters is 2. The normalized spacial score (nSPS) is 18.5. The molecule has 1 heterocycles. The molecule has 1 aliphatic heterocycles. The van der Waals surface area contributed by atoms with E-state index in [1.165, 1.54) is 0 Å². The lowest BCUT2D eigenvalue weighted by molar-refractivity contribution is -0.142. The number of aliphatic imine (C=N–C) groups is 1. The van der Waals surface area contributed by atoms with E-state index >= 15 is 0 Å². The minimum Gasteiger partial charge on any atom is -0.464 e. The summed E-state index contributed by atoms with van der Waals surface area (Å²) < 4.78 is 16.2. The highest BCUT2D eigenvalue weighted by atomic mass is 79.9. The van der Waals surface area contributed by atoms with Crippen LogP contribution in [0.2, 0.25) is 0 Å². The Kier molecular flexibility index (Phi) is 7.46. The van der Waals surface area contributed by atoms with Gasteiger partial charge in [0, 0.05) is 10.7 Å². The lowest BCUT2D eigenvalue weighted by Gasteiger charge is -2.26. The van der Waals surface area contributed by atoms with Crippen LogP contribution in [0.5, 0.6) is 0 Å². The molecule has 0 saturated carbocycles. The minimum atomic E-state index is -1.08. The van der Waals surface area contributed by atoms with Crippen LogP contribution in [0.1, 0.15) is 34.6 Å². The zero-order valence-electron chi connectivity index (χ0n) is 14.6. The Balaban J connectivity index is 3.64. The third-order valence-electron chi connectivity index (χ3n) is 3.04. The number of halogens is 2. The van der Waals surface area contributed by atoms with E-state index in [1.807, 2.05) is 20.8 Å². The molecule has 1 rings (SSSR count). The number of rotatable bonds is 6. The highest BCUT2D eigenvalue weighted by Crippen LogP contribution is 2.39. The molecule has 0 unspecified atom stereocenters. The first-order valence-corrected chi connectivity index (χ1v) is 9.90. The Bertz CT molecular complexity index is 559. The summed E-state index contributed by atoms with van der Waals surface area (Å²) in [5.74, 6) is -1.16. The van der Waals surface area contributed by atoms with Crippen LogP contribution in [0.4, 0.5) is 0 Å². The van der Waals surface area contributed by atoms with E-state index in [0.717, 1.165) is 0 Å². The summed E-state index contributed by atoms with van der Waals surface area (Å²) in [5, 5.41) is 0.566. The number of carbonyl (C=O) groups excluding carboxylic acids is 2. The molecule has 0 N–H and O–H groups in total. The predicted molar refractivity (Wildman–Crippen MR) is 98.9 cm³/mol. The number of hydrogen-bond donors (Lipinski definition) is 0. The topological polar surface area (TPSA) is 74.2 Å². The molecule has 0 amide bonds. The van der Waals surface area contributed by atoms with Crippen LogP contribution in [-0.2, 0) is 23.8 Å². The standard InChI is InChI=1S/C16H23Br2NO5/c1-6-22-13(20)10-11(14(21)23-7-2)16(8-17,9-18)24-12(10)19-15(3,4)5/h6-9H2,1-5H3. The number of nitrogens with zero attached hydrogens (tertiary/aromatic N) is 1. The summed E-state index contributed by atoms with van der Waals surface area (Å²) in [4.78, 5) is 29.5. The van der Waals surface area contributed by atoms with Crippen molar-refractivity contribution in [3.05, 3.63) is 11.1 Å². The maximum Gasteiger partial charge on any atom is 0.344 e. The van der Waals surface area contributed by atoms with Gasteiger partial charge in [-0.2, -0.15) is 0 Å². The first kappa shape index (κ1) is 21.2. The minimum absolute atomic E-state index is 0.0316. The summed E-state index contributed by atoms with van der Waals surface area (Å²) in [7, 11) is 0. The molecule has 0 aromatic heterocycles. The van der Waals surface area contributed by atoms with E-state index in [4.69, 9.17) is 14.2 Å². The van der Waals surface area contributed by atoms with Gasteiger partial charge < -0.3 is 14.2 Å². The third-order valence-corrected chi connectivity index (χ3v) is 4.85. The van der Waals surface area contributed by atoms with Crippen LogP contribution in [0, 0.1) is 0 Å². The fourth-order valence-corrected chi connectivity index (χ4v) is 3.83. The zero-order chi connectivity index (χ0) is 18.5. The molecule has 0 aromatic carbocycles. The number of carbonyl (C=O) groups is 2. The summed E-state index contributed by atoms with van der Waals surface area (Å²) in [6.07, 6.45) is 0. The van der Waals surface area contributed by atoms with Crippen molar-refractivity contribution in [3.8, 4) is 0 Å². The lowest BCUT2D eigenvalue weighted by atomic mass is 9.95. The fraction of sp³-hybridized carbons (Fsp3) is 0.688. The summed E-state index contributed by atoms with van der Waals surface area (Å²) in [6, 6.07) is 0. The summed E-state index contributed by atoms with van der Waals surface area (Å²) in [6.45, 7) is 9.38. The fourth-order valence-electron chi connectivity index (χ4n) is 2.11. The van der Waals surface area contributed by atoms with Crippen LogP contribution in [0.15, 0.2) is 16.1 Å². The monoisotopic (exact) mass is 467 g/mol. The van der Waals surface area contributed by atoms with Crippen molar-refractivity contribution in [3.63, 3.8) is 0 Å². The Morgan fingerprint density at radius 1 is 1.08 bits per heavy atom. The van der Waals surface area contributed by atoms with E-state index in [0.29, 0.717) is 0 Å². The largest absolute Gasteiger partial charge is 0.464 e. The number of alkyl halides is 2. The molecule has 0 radical (unpaired) electrons. The molecule has 0 aliphatic carbocycles. The second-order valence-electron chi connectivity index (χ2n) is 6.14. The molecule has 24 heavy (non-hydrogen) atoms. The van der Waals surface area contributed by atoms with E-state index < -0.39 is 23.1 Å². The molecule has 0 bridgehead atoms. The maximum atomic E-state index is 12.5. The Morgan fingerprint density at radius 3 is 2.00 bits per heavy atom. The SMILES string of the molecule is CCOC(=O)C1=C(C(=O)OCC)C(CBr)(CBr)OC1=NC(C)(C)C. The van der Waals surface area contributed by atoms with Gasteiger partial charge in [0.05, 0.1) is 18.8 Å². The van der Waals surface area contributed by atoms with Crippen molar-refractivity contribution < 1.29 is 23.8 Å². The summed E-state index contributed by atoms with van der Waals surface area (Å²) in [5.41, 5.74) is -1.43. The second-order valence-corrected chi connectivity index (χ2v) is 7.26. The Hall–Kier alpha value is -0.890. The van der Waals surface area contributed by atoms with Gasteiger partial charge in [-0.1, -0.05) is 31.9 Å². The van der Waals surface area contributed by atoms with Crippen molar-refractivity contribution in [1.29, 1.82) is 0 Å². The van der Waals surface area contributed by atoms with Gasteiger partial charge in [-0.15, -0.1) is 0 Å². The van der Waals surface area contributed by atoms with Gasteiger partial charge in [0.1, 0.15) is 11.1 Å². The van der Waals surface area contributed by atoms with E-state index in [1.54, 1.807) is 13.8 Å². The molecule has 0 aromatic rings.